The molecule has 4 atom stereocenters. The minimum atomic E-state index is -0.977. The van der Waals surface area contributed by atoms with Crippen molar-refractivity contribution < 1.29 is 28.8 Å². The normalized spacial score (nSPS) is 22.3. The maximum absolute atomic E-state index is 14.0. The molecule has 12 heteroatoms. The molecule has 3 rings (SSSR count). The lowest BCUT2D eigenvalue weighted by Crippen LogP contribution is -2.61. The highest BCUT2D eigenvalue weighted by molar-refractivity contribution is 6.37. The Morgan fingerprint density at radius 1 is 1.00 bits per heavy atom. The summed E-state index contributed by atoms with van der Waals surface area (Å²) in [7, 11) is 0. The number of nitrogens with one attached hydrogen (secondary N) is 4. The van der Waals surface area contributed by atoms with Crippen LogP contribution in [0.25, 0.3) is 0 Å². The molecule has 2 saturated heterocycles. The number of urea groups is 1. The van der Waals surface area contributed by atoms with E-state index in [4.69, 9.17) is 0 Å². The second-order valence-electron chi connectivity index (χ2n) is 14.3. The standard InChI is InChI=1S/C31H50N6O6/c1-8-19-15-21(26(40)32-16-22(38)27(41)33-20-12-13-20)37(17-19)28(42)25(31(5,6)7)35-29(43)34-23(30(2,3)4)18-36-14-10-9-11-24(36)39/h8,19-21,23,25H,1,9-18H2,2-7H3,(H,32,40)(H,33,41)(H2,34,35,43)/t19-,21+,23-,25-/m1/s1. The molecule has 6 amide bonds. The van der Waals surface area contributed by atoms with Gasteiger partial charge in [-0.25, -0.2) is 4.79 Å². The first-order valence-electron chi connectivity index (χ1n) is 15.4. The maximum atomic E-state index is 14.0. The summed E-state index contributed by atoms with van der Waals surface area (Å²) in [6, 6.07) is -2.75. The molecule has 0 unspecified atom stereocenters. The van der Waals surface area contributed by atoms with Gasteiger partial charge in [-0.15, -0.1) is 6.58 Å². The fourth-order valence-electron chi connectivity index (χ4n) is 5.35. The van der Waals surface area contributed by atoms with Gasteiger partial charge in [0.25, 0.3) is 5.91 Å². The van der Waals surface area contributed by atoms with Crippen LogP contribution in [0.3, 0.4) is 0 Å². The minimum Gasteiger partial charge on any atom is -0.347 e. The molecule has 0 aromatic rings. The molecule has 2 heterocycles. The second kappa shape index (κ2) is 13.9. The van der Waals surface area contributed by atoms with E-state index in [1.54, 1.807) is 11.0 Å². The minimum absolute atomic E-state index is 0.0217. The van der Waals surface area contributed by atoms with Gasteiger partial charge in [0.1, 0.15) is 12.1 Å². The second-order valence-corrected chi connectivity index (χ2v) is 14.3. The van der Waals surface area contributed by atoms with Gasteiger partial charge >= 0.3 is 6.03 Å². The zero-order valence-electron chi connectivity index (χ0n) is 26.6. The van der Waals surface area contributed by atoms with Gasteiger partial charge in [-0.05, 0) is 48.9 Å². The number of amides is 6. The third kappa shape index (κ3) is 9.53. The topological polar surface area (TPSA) is 157 Å². The Morgan fingerprint density at radius 2 is 1.67 bits per heavy atom. The van der Waals surface area contributed by atoms with Crippen LogP contribution in [0.1, 0.15) is 80.1 Å². The zero-order valence-corrected chi connectivity index (χ0v) is 26.6. The van der Waals surface area contributed by atoms with Crippen molar-refractivity contribution in [2.75, 3.05) is 26.2 Å². The fraction of sp³-hybridized carbons (Fsp3) is 0.742. The van der Waals surface area contributed by atoms with Crippen molar-refractivity contribution in [2.24, 2.45) is 16.7 Å². The fourth-order valence-corrected chi connectivity index (χ4v) is 5.35. The van der Waals surface area contributed by atoms with Gasteiger partial charge in [-0.2, -0.15) is 0 Å². The monoisotopic (exact) mass is 602 g/mol. The lowest BCUT2D eigenvalue weighted by atomic mass is 9.85. The Morgan fingerprint density at radius 3 is 2.23 bits per heavy atom. The Kier molecular flexibility index (Phi) is 11.0. The number of hydrogen-bond donors (Lipinski definition) is 4. The summed E-state index contributed by atoms with van der Waals surface area (Å²) >= 11 is 0. The van der Waals surface area contributed by atoms with Crippen molar-refractivity contribution in [1.29, 1.82) is 0 Å². The van der Waals surface area contributed by atoms with Crippen LogP contribution < -0.4 is 21.3 Å². The molecule has 0 bridgehead atoms. The largest absolute Gasteiger partial charge is 0.347 e. The molecule has 2 aliphatic heterocycles. The van der Waals surface area contributed by atoms with Gasteiger partial charge in [0, 0.05) is 32.1 Å². The summed E-state index contributed by atoms with van der Waals surface area (Å²) in [5, 5.41) is 11.0. The van der Waals surface area contributed by atoms with Crippen LogP contribution in [0.15, 0.2) is 12.7 Å². The molecular formula is C31H50N6O6. The SMILES string of the molecule is C=C[C@@H]1C[C@@H](C(=O)NCC(=O)C(=O)NC2CC2)N(C(=O)[C@@H](NC(=O)N[C@H](CN2CCCCC2=O)C(C)(C)C)C(C)(C)C)C1. The lowest BCUT2D eigenvalue weighted by molar-refractivity contribution is -0.142. The summed E-state index contributed by atoms with van der Waals surface area (Å²) in [6.45, 7) is 16.1. The summed E-state index contributed by atoms with van der Waals surface area (Å²) in [5.74, 6) is -2.53. The van der Waals surface area contributed by atoms with Crippen LogP contribution in [0, 0.1) is 16.7 Å². The molecule has 0 aromatic heterocycles. The van der Waals surface area contributed by atoms with Crippen molar-refractivity contribution >= 4 is 35.4 Å². The number of carbonyl (C=O) groups excluding carboxylic acids is 6. The third-order valence-corrected chi connectivity index (χ3v) is 8.40. The average Bonchev–Trinajstić information content (AvgIpc) is 3.63. The smallest absolute Gasteiger partial charge is 0.315 e. The van der Waals surface area contributed by atoms with Crippen LogP contribution >= 0.6 is 0 Å². The first kappa shape index (κ1) is 34.1. The first-order chi connectivity index (χ1) is 20.0. The zero-order chi connectivity index (χ0) is 32.1. The van der Waals surface area contributed by atoms with Crippen LogP contribution in [-0.4, -0.2) is 95.6 Å². The van der Waals surface area contributed by atoms with Crippen molar-refractivity contribution in [3.8, 4) is 0 Å². The summed E-state index contributed by atoms with van der Waals surface area (Å²) < 4.78 is 0. The molecule has 12 nitrogen and oxygen atoms in total. The highest BCUT2D eigenvalue weighted by atomic mass is 16.2. The van der Waals surface area contributed by atoms with Gasteiger partial charge < -0.3 is 31.1 Å². The van der Waals surface area contributed by atoms with Gasteiger partial charge in [0.15, 0.2) is 0 Å². The van der Waals surface area contributed by atoms with Crippen LogP contribution in [-0.2, 0) is 24.0 Å². The van der Waals surface area contributed by atoms with E-state index >= 15 is 0 Å². The van der Waals surface area contributed by atoms with Crippen molar-refractivity contribution in [3.63, 3.8) is 0 Å². The number of nitrogens with zero attached hydrogens (tertiary/aromatic N) is 2. The van der Waals surface area contributed by atoms with E-state index in [1.165, 1.54) is 4.90 Å². The van der Waals surface area contributed by atoms with Gasteiger partial charge in [0.05, 0.1) is 12.6 Å². The summed E-state index contributed by atoms with van der Waals surface area (Å²) in [5.41, 5.74) is -1.07. The van der Waals surface area contributed by atoms with E-state index < -0.39 is 53.6 Å². The van der Waals surface area contributed by atoms with E-state index in [1.807, 2.05) is 41.5 Å². The van der Waals surface area contributed by atoms with Crippen LogP contribution in [0.2, 0.25) is 0 Å². The quantitative estimate of drug-likeness (QED) is 0.207. The van der Waals surface area contributed by atoms with Crippen LogP contribution in [0.4, 0.5) is 4.79 Å². The van der Waals surface area contributed by atoms with E-state index in [-0.39, 0.29) is 35.9 Å². The molecular weight excluding hydrogens is 552 g/mol. The Balaban J connectivity index is 1.70. The van der Waals surface area contributed by atoms with Crippen LogP contribution in [0.5, 0.6) is 0 Å². The van der Waals surface area contributed by atoms with Crippen molar-refractivity contribution in [3.05, 3.63) is 12.7 Å². The third-order valence-electron chi connectivity index (χ3n) is 8.40. The number of rotatable bonds is 11. The molecule has 0 aromatic carbocycles. The molecule has 3 aliphatic rings. The first-order valence-corrected chi connectivity index (χ1v) is 15.4. The molecule has 0 spiro atoms. The number of ketones is 1. The molecule has 3 fully saturated rings. The Labute approximate surface area is 255 Å². The summed E-state index contributed by atoms with van der Waals surface area (Å²) in [6.07, 6.45) is 5.96. The molecule has 43 heavy (non-hydrogen) atoms. The van der Waals surface area contributed by atoms with E-state index in [0.717, 1.165) is 25.7 Å². The van der Waals surface area contributed by atoms with E-state index in [0.29, 0.717) is 25.9 Å². The molecule has 240 valence electrons. The number of Topliss-reactive ketones (excluding diaryl/α,β-unsaturated/α-hetero) is 1. The van der Waals surface area contributed by atoms with Crippen molar-refractivity contribution in [2.45, 2.75) is 104 Å². The van der Waals surface area contributed by atoms with E-state index in [2.05, 4.69) is 27.8 Å². The van der Waals surface area contributed by atoms with Gasteiger partial charge in [0.2, 0.25) is 23.5 Å². The Hall–Kier alpha value is -3.44. The Bertz CT molecular complexity index is 1110. The van der Waals surface area contributed by atoms with Gasteiger partial charge in [-0.3, -0.25) is 24.0 Å². The predicted octanol–water partition coefficient (Wildman–Crippen LogP) is 1.49. The highest BCUT2D eigenvalue weighted by Crippen LogP contribution is 2.29. The molecule has 1 aliphatic carbocycles. The number of carbonyl (C=O) groups is 6. The average molecular weight is 603 g/mol. The van der Waals surface area contributed by atoms with Gasteiger partial charge in [-0.1, -0.05) is 47.6 Å². The lowest BCUT2D eigenvalue weighted by Gasteiger charge is -2.39. The predicted molar refractivity (Wildman–Crippen MR) is 162 cm³/mol. The number of likely N-dealkylation sites (tertiary alicyclic amines) is 2. The molecule has 0 radical (unpaired) electrons. The molecule has 1 saturated carbocycles. The van der Waals surface area contributed by atoms with Crippen molar-refractivity contribution in [1.82, 2.24) is 31.1 Å². The number of hydrogen-bond acceptors (Lipinski definition) is 6. The number of piperidine rings is 1. The highest BCUT2D eigenvalue weighted by Gasteiger charge is 2.45. The summed E-state index contributed by atoms with van der Waals surface area (Å²) in [4.78, 5) is 80.5. The maximum Gasteiger partial charge on any atom is 0.315 e. The molecule has 4 N–H and O–H groups in total. The van der Waals surface area contributed by atoms with E-state index in [9.17, 15) is 28.8 Å².